The normalized spacial score (nSPS) is 10.6. The summed E-state index contributed by atoms with van der Waals surface area (Å²) in [5.41, 5.74) is 1.27. The maximum Gasteiger partial charge on any atom is 0.237 e. The minimum Gasteiger partial charge on any atom is -0.338 e. The SMILES string of the molecule is CCc1noc(CSc2ccc(C)cc2)n1. The van der Waals surface area contributed by atoms with Crippen molar-refractivity contribution in [2.24, 2.45) is 0 Å². The van der Waals surface area contributed by atoms with Crippen LogP contribution in [0.25, 0.3) is 0 Å². The van der Waals surface area contributed by atoms with Gasteiger partial charge in [-0.05, 0) is 19.1 Å². The highest BCUT2D eigenvalue weighted by molar-refractivity contribution is 7.98. The van der Waals surface area contributed by atoms with Crippen LogP contribution in [-0.2, 0) is 12.2 Å². The molecule has 4 heteroatoms. The van der Waals surface area contributed by atoms with E-state index in [1.165, 1.54) is 10.5 Å². The first-order valence-electron chi connectivity index (χ1n) is 5.29. The maximum atomic E-state index is 5.12. The standard InChI is InChI=1S/C12H14N2OS/c1-3-11-13-12(15-14-11)8-16-10-6-4-9(2)5-7-10/h4-7H,3,8H2,1-2H3. The highest BCUT2D eigenvalue weighted by Gasteiger charge is 2.04. The van der Waals surface area contributed by atoms with E-state index in [1.54, 1.807) is 11.8 Å². The molecular formula is C12H14N2OS. The molecule has 0 spiro atoms. The van der Waals surface area contributed by atoms with Gasteiger partial charge in [0.25, 0.3) is 0 Å². The van der Waals surface area contributed by atoms with Crippen LogP contribution in [0.5, 0.6) is 0 Å². The van der Waals surface area contributed by atoms with Gasteiger partial charge >= 0.3 is 0 Å². The average Bonchev–Trinajstić information content (AvgIpc) is 2.76. The molecule has 0 fully saturated rings. The lowest BCUT2D eigenvalue weighted by Crippen LogP contribution is -1.84. The summed E-state index contributed by atoms with van der Waals surface area (Å²) in [7, 11) is 0. The zero-order valence-corrected chi connectivity index (χ0v) is 10.3. The van der Waals surface area contributed by atoms with Gasteiger partial charge in [-0.2, -0.15) is 4.98 Å². The van der Waals surface area contributed by atoms with E-state index >= 15 is 0 Å². The summed E-state index contributed by atoms with van der Waals surface area (Å²) in [6.07, 6.45) is 0.818. The summed E-state index contributed by atoms with van der Waals surface area (Å²) < 4.78 is 5.12. The van der Waals surface area contributed by atoms with E-state index in [2.05, 4.69) is 41.3 Å². The summed E-state index contributed by atoms with van der Waals surface area (Å²) in [5.74, 6) is 2.21. The Hall–Kier alpha value is -1.29. The largest absolute Gasteiger partial charge is 0.338 e. The Balaban J connectivity index is 1.94. The summed E-state index contributed by atoms with van der Waals surface area (Å²) in [6.45, 7) is 4.10. The van der Waals surface area contributed by atoms with Crippen molar-refractivity contribution >= 4 is 11.8 Å². The number of benzene rings is 1. The first-order valence-corrected chi connectivity index (χ1v) is 6.27. The van der Waals surface area contributed by atoms with Crippen molar-refractivity contribution in [2.45, 2.75) is 30.9 Å². The molecule has 1 heterocycles. The van der Waals surface area contributed by atoms with E-state index in [1.807, 2.05) is 6.92 Å². The average molecular weight is 234 g/mol. The van der Waals surface area contributed by atoms with Gasteiger partial charge < -0.3 is 4.52 Å². The van der Waals surface area contributed by atoms with Gasteiger partial charge in [0.15, 0.2) is 5.82 Å². The van der Waals surface area contributed by atoms with E-state index in [4.69, 9.17) is 4.52 Å². The Bertz CT molecular complexity index is 450. The quantitative estimate of drug-likeness (QED) is 0.761. The summed E-state index contributed by atoms with van der Waals surface area (Å²) in [5, 5.41) is 3.86. The Morgan fingerprint density at radius 1 is 1.25 bits per heavy atom. The van der Waals surface area contributed by atoms with E-state index in [-0.39, 0.29) is 0 Å². The van der Waals surface area contributed by atoms with E-state index in [0.717, 1.165) is 18.0 Å². The number of aromatic nitrogens is 2. The molecule has 1 aromatic carbocycles. The van der Waals surface area contributed by atoms with Gasteiger partial charge in [0.2, 0.25) is 5.89 Å². The van der Waals surface area contributed by atoms with Crippen molar-refractivity contribution in [3.8, 4) is 0 Å². The lowest BCUT2D eigenvalue weighted by atomic mass is 10.2. The molecule has 0 unspecified atom stereocenters. The van der Waals surface area contributed by atoms with Crippen LogP contribution in [0, 0.1) is 6.92 Å². The molecule has 3 nitrogen and oxygen atoms in total. The molecule has 0 amide bonds. The second-order valence-electron chi connectivity index (χ2n) is 3.56. The van der Waals surface area contributed by atoms with Crippen molar-refractivity contribution in [1.29, 1.82) is 0 Å². The molecule has 0 saturated heterocycles. The third-order valence-corrected chi connectivity index (χ3v) is 3.21. The van der Waals surface area contributed by atoms with Crippen LogP contribution in [0.2, 0.25) is 0 Å². The predicted molar refractivity (Wildman–Crippen MR) is 64.4 cm³/mol. The number of hydrogen-bond acceptors (Lipinski definition) is 4. The molecule has 1 aromatic heterocycles. The summed E-state index contributed by atoms with van der Waals surface area (Å²) in [4.78, 5) is 5.49. The lowest BCUT2D eigenvalue weighted by Gasteiger charge is -1.98. The maximum absolute atomic E-state index is 5.12. The van der Waals surface area contributed by atoms with Crippen LogP contribution in [0.3, 0.4) is 0 Å². The molecule has 0 radical (unpaired) electrons. The molecule has 2 aromatic rings. The molecule has 2 rings (SSSR count). The smallest absolute Gasteiger partial charge is 0.237 e. The number of aryl methyl sites for hydroxylation is 2. The van der Waals surface area contributed by atoms with Crippen LogP contribution in [0.15, 0.2) is 33.7 Å². The number of thioether (sulfide) groups is 1. The highest BCUT2D eigenvalue weighted by Crippen LogP contribution is 2.22. The fraction of sp³-hybridized carbons (Fsp3) is 0.333. The molecule has 0 saturated carbocycles. The van der Waals surface area contributed by atoms with E-state index in [9.17, 15) is 0 Å². The minimum atomic E-state index is 0.697. The Morgan fingerprint density at radius 2 is 2.00 bits per heavy atom. The third-order valence-electron chi connectivity index (χ3n) is 2.21. The van der Waals surface area contributed by atoms with Crippen LogP contribution in [-0.4, -0.2) is 10.1 Å². The van der Waals surface area contributed by atoms with Crippen molar-refractivity contribution < 1.29 is 4.52 Å². The Kier molecular flexibility index (Phi) is 3.62. The third kappa shape index (κ3) is 2.85. The van der Waals surface area contributed by atoms with Crippen molar-refractivity contribution in [3.63, 3.8) is 0 Å². The van der Waals surface area contributed by atoms with Crippen molar-refractivity contribution in [2.75, 3.05) is 0 Å². The summed E-state index contributed by atoms with van der Waals surface area (Å²) in [6, 6.07) is 8.43. The molecule has 0 atom stereocenters. The van der Waals surface area contributed by atoms with Gasteiger partial charge in [0, 0.05) is 11.3 Å². The molecule has 0 N–H and O–H groups in total. The van der Waals surface area contributed by atoms with E-state index in [0.29, 0.717) is 5.89 Å². The van der Waals surface area contributed by atoms with Gasteiger partial charge in [-0.1, -0.05) is 29.8 Å². The summed E-state index contributed by atoms with van der Waals surface area (Å²) >= 11 is 1.71. The van der Waals surface area contributed by atoms with Gasteiger partial charge in [-0.25, -0.2) is 0 Å². The van der Waals surface area contributed by atoms with Gasteiger partial charge in [0.1, 0.15) is 0 Å². The topological polar surface area (TPSA) is 38.9 Å². The molecule has 0 aliphatic carbocycles. The van der Waals surface area contributed by atoms with Crippen LogP contribution in [0.4, 0.5) is 0 Å². The molecular weight excluding hydrogens is 220 g/mol. The molecule has 16 heavy (non-hydrogen) atoms. The van der Waals surface area contributed by atoms with Gasteiger partial charge in [-0.15, -0.1) is 11.8 Å². The van der Waals surface area contributed by atoms with Crippen molar-refractivity contribution in [1.82, 2.24) is 10.1 Å². The molecule has 0 aliphatic rings. The second-order valence-corrected chi connectivity index (χ2v) is 4.61. The Labute approximate surface area is 99.3 Å². The molecule has 0 bridgehead atoms. The van der Waals surface area contributed by atoms with Crippen LogP contribution < -0.4 is 0 Å². The fourth-order valence-electron chi connectivity index (χ4n) is 1.27. The first-order chi connectivity index (χ1) is 7.78. The molecule has 84 valence electrons. The zero-order valence-electron chi connectivity index (χ0n) is 9.43. The number of rotatable bonds is 4. The van der Waals surface area contributed by atoms with Crippen LogP contribution in [0.1, 0.15) is 24.2 Å². The van der Waals surface area contributed by atoms with Gasteiger partial charge in [0.05, 0.1) is 5.75 Å². The van der Waals surface area contributed by atoms with E-state index < -0.39 is 0 Å². The van der Waals surface area contributed by atoms with Crippen LogP contribution >= 0.6 is 11.8 Å². The Morgan fingerprint density at radius 3 is 2.62 bits per heavy atom. The lowest BCUT2D eigenvalue weighted by molar-refractivity contribution is 0.385. The molecule has 0 aliphatic heterocycles. The van der Waals surface area contributed by atoms with Crippen molar-refractivity contribution in [3.05, 3.63) is 41.5 Å². The second kappa shape index (κ2) is 5.16. The zero-order chi connectivity index (χ0) is 11.4. The number of hydrogen-bond donors (Lipinski definition) is 0. The minimum absolute atomic E-state index is 0.697. The predicted octanol–water partition coefficient (Wildman–Crippen LogP) is 3.23. The van der Waals surface area contributed by atoms with Gasteiger partial charge in [-0.3, -0.25) is 0 Å². The highest BCUT2D eigenvalue weighted by atomic mass is 32.2. The first kappa shape index (κ1) is 11.2. The number of nitrogens with zero attached hydrogens (tertiary/aromatic N) is 2. The fourth-order valence-corrected chi connectivity index (χ4v) is 2.01. The monoisotopic (exact) mass is 234 g/mol.